The number of hydrogen-bond acceptors (Lipinski definition) is 2. The number of hydrogen-bond donors (Lipinski definition) is 0. The van der Waals surface area contributed by atoms with Gasteiger partial charge in [-0.1, -0.05) is 6.92 Å². The summed E-state index contributed by atoms with van der Waals surface area (Å²) in [6, 6.07) is -0.511. The van der Waals surface area contributed by atoms with Crippen molar-refractivity contribution in [2.45, 2.75) is 6.92 Å². The van der Waals surface area contributed by atoms with E-state index >= 15 is 0 Å². The van der Waals surface area contributed by atoms with Crippen LogP contribution in [0.1, 0.15) is 6.92 Å². The summed E-state index contributed by atoms with van der Waals surface area (Å²) in [7, 11) is 3.81. The van der Waals surface area contributed by atoms with Crippen molar-refractivity contribution >= 4 is 0 Å². The van der Waals surface area contributed by atoms with Crippen LogP contribution >= 0.6 is 0 Å². The lowest BCUT2D eigenvalue weighted by atomic mass is 10.1. The van der Waals surface area contributed by atoms with E-state index in [9.17, 15) is 4.39 Å². The van der Waals surface area contributed by atoms with Gasteiger partial charge in [0, 0.05) is 20.0 Å². The highest BCUT2D eigenvalue weighted by Gasteiger charge is 2.15. The lowest BCUT2D eigenvalue weighted by Gasteiger charge is -2.23. The second-order valence-corrected chi connectivity index (χ2v) is 2.81. The SMILES string of the molecule is CC1C=C(F)OC=C1N(C)C. The van der Waals surface area contributed by atoms with Gasteiger partial charge in [0.15, 0.2) is 0 Å². The minimum Gasteiger partial charge on any atom is -0.438 e. The zero-order valence-electron chi connectivity index (χ0n) is 6.97. The predicted molar refractivity (Wildman–Crippen MR) is 41.2 cm³/mol. The molecule has 0 saturated heterocycles. The third kappa shape index (κ3) is 1.73. The zero-order valence-corrected chi connectivity index (χ0v) is 6.97. The average Bonchev–Trinajstić information content (AvgIpc) is 1.85. The molecule has 0 aromatic heterocycles. The number of ether oxygens (including phenoxy) is 1. The fourth-order valence-electron chi connectivity index (χ4n) is 1.06. The Labute approximate surface area is 65.9 Å². The van der Waals surface area contributed by atoms with Gasteiger partial charge >= 0.3 is 0 Å². The van der Waals surface area contributed by atoms with Gasteiger partial charge in [0.1, 0.15) is 6.26 Å². The Bertz CT molecular complexity index is 208. The van der Waals surface area contributed by atoms with Gasteiger partial charge in [0.05, 0.1) is 5.70 Å². The van der Waals surface area contributed by atoms with Crippen molar-refractivity contribution in [1.29, 1.82) is 0 Å². The summed E-state index contributed by atoms with van der Waals surface area (Å²) in [5.41, 5.74) is 0.978. The quantitative estimate of drug-likeness (QED) is 0.576. The first-order valence-corrected chi connectivity index (χ1v) is 3.52. The Morgan fingerprint density at radius 2 is 2.18 bits per heavy atom. The van der Waals surface area contributed by atoms with Crippen molar-refractivity contribution in [2.75, 3.05) is 14.1 Å². The van der Waals surface area contributed by atoms with Crippen LogP contribution in [0.15, 0.2) is 24.0 Å². The van der Waals surface area contributed by atoms with Crippen molar-refractivity contribution in [2.24, 2.45) is 5.92 Å². The third-order valence-corrected chi connectivity index (χ3v) is 1.66. The van der Waals surface area contributed by atoms with E-state index in [-0.39, 0.29) is 5.92 Å². The van der Waals surface area contributed by atoms with Crippen LogP contribution in [0.2, 0.25) is 0 Å². The minimum atomic E-state index is -0.511. The van der Waals surface area contributed by atoms with Gasteiger partial charge in [-0.05, 0) is 6.08 Å². The molecule has 0 aromatic carbocycles. The van der Waals surface area contributed by atoms with E-state index in [2.05, 4.69) is 4.74 Å². The highest BCUT2D eigenvalue weighted by atomic mass is 19.1. The predicted octanol–water partition coefficient (Wildman–Crippen LogP) is 1.87. The molecule has 0 bridgehead atoms. The summed E-state index contributed by atoms with van der Waals surface area (Å²) < 4.78 is 17.1. The molecule has 0 amide bonds. The van der Waals surface area contributed by atoms with Gasteiger partial charge in [-0.25, -0.2) is 0 Å². The molecule has 1 aliphatic heterocycles. The third-order valence-electron chi connectivity index (χ3n) is 1.66. The highest BCUT2D eigenvalue weighted by Crippen LogP contribution is 2.22. The molecular formula is C8H12FNO. The largest absolute Gasteiger partial charge is 0.438 e. The van der Waals surface area contributed by atoms with Gasteiger partial charge in [0.25, 0.3) is 6.01 Å². The van der Waals surface area contributed by atoms with E-state index in [4.69, 9.17) is 0 Å². The zero-order chi connectivity index (χ0) is 8.43. The lowest BCUT2D eigenvalue weighted by Crippen LogP contribution is -2.18. The van der Waals surface area contributed by atoms with Crippen LogP contribution in [-0.2, 0) is 4.74 Å². The molecule has 0 N–H and O–H groups in total. The molecule has 3 heteroatoms. The van der Waals surface area contributed by atoms with Crippen LogP contribution in [-0.4, -0.2) is 19.0 Å². The number of nitrogens with zero attached hydrogens (tertiary/aromatic N) is 1. The molecule has 0 aromatic rings. The summed E-state index contributed by atoms with van der Waals surface area (Å²) in [6.45, 7) is 1.92. The van der Waals surface area contributed by atoms with Crippen molar-refractivity contribution < 1.29 is 9.13 Å². The number of halogens is 1. The molecule has 0 saturated carbocycles. The van der Waals surface area contributed by atoms with Gasteiger partial charge in [0.2, 0.25) is 0 Å². The Morgan fingerprint density at radius 1 is 1.55 bits per heavy atom. The second kappa shape index (κ2) is 2.95. The molecule has 1 heterocycles. The van der Waals surface area contributed by atoms with Gasteiger partial charge < -0.3 is 9.64 Å². The van der Waals surface area contributed by atoms with Crippen LogP contribution in [0.25, 0.3) is 0 Å². The number of allylic oxidation sites excluding steroid dienone is 1. The van der Waals surface area contributed by atoms with Crippen LogP contribution in [0.4, 0.5) is 4.39 Å². The van der Waals surface area contributed by atoms with E-state index < -0.39 is 6.01 Å². The molecule has 0 fully saturated rings. The molecule has 1 aliphatic rings. The van der Waals surface area contributed by atoms with Crippen molar-refractivity contribution in [1.82, 2.24) is 4.90 Å². The number of rotatable bonds is 1. The fourth-order valence-corrected chi connectivity index (χ4v) is 1.06. The molecule has 2 nitrogen and oxygen atoms in total. The average molecular weight is 157 g/mol. The summed E-state index contributed by atoms with van der Waals surface area (Å²) in [5.74, 6) is 0.0961. The molecular weight excluding hydrogens is 145 g/mol. The summed E-state index contributed by atoms with van der Waals surface area (Å²) >= 11 is 0. The van der Waals surface area contributed by atoms with Crippen molar-refractivity contribution in [3.8, 4) is 0 Å². The molecule has 0 radical (unpaired) electrons. The molecule has 0 spiro atoms. The van der Waals surface area contributed by atoms with Gasteiger partial charge in [-0.3, -0.25) is 0 Å². The molecule has 0 aliphatic carbocycles. The van der Waals surface area contributed by atoms with Crippen LogP contribution in [0.5, 0.6) is 0 Å². The Hall–Kier alpha value is -0.990. The van der Waals surface area contributed by atoms with Gasteiger partial charge in [-0.2, -0.15) is 4.39 Å². The first-order valence-electron chi connectivity index (χ1n) is 3.52. The second-order valence-electron chi connectivity index (χ2n) is 2.81. The maximum atomic E-state index is 12.4. The van der Waals surface area contributed by atoms with Crippen LogP contribution in [0, 0.1) is 5.92 Å². The first-order chi connectivity index (χ1) is 5.11. The standard InChI is InChI=1S/C8H12FNO/c1-6-4-8(9)11-5-7(6)10(2)3/h4-6H,1-3H3. The van der Waals surface area contributed by atoms with E-state index in [1.807, 2.05) is 25.9 Å². The highest BCUT2D eigenvalue weighted by molar-refractivity contribution is 5.13. The van der Waals surface area contributed by atoms with E-state index in [1.165, 1.54) is 12.3 Å². The molecule has 1 rings (SSSR count). The van der Waals surface area contributed by atoms with Crippen LogP contribution < -0.4 is 0 Å². The van der Waals surface area contributed by atoms with Crippen molar-refractivity contribution in [3.05, 3.63) is 24.0 Å². The summed E-state index contributed by atoms with van der Waals surface area (Å²) in [4.78, 5) is 1.91. The van der Waals surface area contributed by atoms with E-state index in [0.29, 0.717) is 0 Å². The fraction of sp³-hybridized carbons (Fsp3) is 0.500. The molecule has 11 heavy (non-hydrogen) atoms. The Balaban J connectivity index is 2.72. The monoisotopic (exact) mass is 157 g/mol. The van der Waals surface area contributed by atoms with E-state index in [0.717, 1.165) is 5.70 Å². The molecule has 1 unspecified atom stereocenters. The summed E-state index contributed by atoms with van der Waals surface area (Å²) in [6.07, 6.45) is 2.90. The van der Waals surface area contributed by atoms with Crippen molar-refractivity contribution in [3.63, 3.8) is 0 Å². The normalized spacial score (nSPS) is 23.5. The lowest BCUT2D eigenvalue weighted by molar-refractivity contribution is 0.216. The summed E-state index contributed by atoms with van der Waals surface area (Å²) in [5, 5.41) is 0. The molecule has 62 valence electrons. The first kappa shape index (κ1) is 8.11. The topological polar surface area (TPSA) is 12.5 Å². The van der Waals surface area contributed by atoms with Crippen LogP contribution in [0.3, 0.4) is 0 Å². The maximum Gasteiger partial charge on any atom is 0.274 e. The van der Waals surface area contributed by atoms with E-state index in [1.54, 1.807) is 0 Å². The Morgan fingerprint density at radius 3 is 2.64 bits per heavy atom. The minimum absolute atomic E-state index is 0.0961. The molecule has 1 atom stereocenters. The Kier molecular flexibility index (Phi) is 2.17. The smallest absolute Gasteiger partial charge is 0.274 e. The maximum absolute atomic E-state index is 12.4. The van der Waals surface area contributed by atoms with Gasteiger partial charge in [-0.15, -0.1) is 0 Å².